The minimum absolute atomic E-state index is 0. The molecule has 0 saturated carbocycles. The first-order valence-corrected chi connectivity index (χ1v) is 21.6. The van der Waals surface area contributed by atoms with E-state index in [-0.39, 0.29) is 67.1 Å². The quantitative estimate of drug-likeness (QED) is 0.0190. The molecule has 0 radical (unpaired) electrons. The number of halogens is 1. The third-order valence-corrected chi connectivity index (χ3v) is 12.9. The van der Waals surface area contributed by atoms with E-state index in [1.165, 1.54) is 7.11 Å². The Balaban J connectivity index is 0.00000726. The normalized spacial score (nSPS) is 14.0. The number of esters is 1. The molecule has 62 heavy (non-hydrogen) atoms. The number of carbonyl (C=O) groups is 3. The Kier molecular flexibility index (Phi) is 14.3. The Labute approximate surface area is 368 Å². The van der Waals surface area contributed by atoms with Crippen LogP contribution in [-0.2, 0) is 37.8 Å². The van der Waals surface area contributed by atoms with Gasteiger partial charge >= 0.3 is 5.97 Å². The second kappa shape index (κ2) is 18.9. The maximum atomic E-state index is 13.6. The van der Waals surface area contributed by atoms with Crippen LogP contribution < -0.4 is 54.3 Å². The first-order valence-electron chi connectivity index (χ1n) is 20.1. The number of sulfonamides is 1. The van der Waals surface area contributed by atoms with Crippen LogP contribution in [0.4, 0.5) is 11.4 Å². The molecule has 6 rings (SSSR count). The number of nitrogens with two attached hydrogens (primary N) is 3. The van der Waals surface area contributed by atoms with E-state index in [2.05, 4.69) is 20.3 Å². The highest BCUT2D eigenvalue weighted by Crippen LogP contribution is 2.42. The van der Waals surface area contributed by atoms with Gasteiger partial charge < -0.3 is 49.7 Å². The maximum Gasteiger partial charge on any atom is 0.328 e. The van der Waals surface area contributed by atoms with Gasteiger partial charge in [-0.25, -0.2) is 17.9 Å². The standard InChI is InChI=1S/C45H54N8O7S.ClH/c1-25-26(2)41(27(3)32-17-19-45(4,5)60-40(25)32)61(57,58)52-44(48)50-20-9-12-36(43(56)59-7)51-38(54)18-21-49-42(55)29-11-8-10-28(22-29)39-35-23-30(46)13-15-33(35)34-16-14-31(47)24-37(34)53(39)6;/h8,10-11,13-16,22-24,36,47H,9,12,17-21,46H2,1-7H3,(H5,48,49,50,51,52,54,55);1H. The third kappa shape index (κ3) is 9.97. The van der Waals surface area contributed by atoms with Crippen molar-refractivity contribution in [3.63, 3.8) is 0 Å². The molecule has 0 fully saturated rings. The van der Waals surface area contributed by atoms with Gasteiger partial charge in [0.05, 0.1) is 22.8 Å². The summed E-state index contributed by atoms with van der Waals surface area (Å²) in [6.45, 7) is 9.45. The zero-order valence-corrected chi connectivity index (χ0v) is 37.6. The van der Waals surface area contributed by atoms with Gasteiger partial charge in [0.2, 0.25) is 23.1 Å². The number of methoxy groups -OCH3 is 1. The van der Waals surface area contributed by atoms with Crippen molar-refractivity contribution in [2.24, 2.45) is 17.8 Å². The predicted octanol–water partition coefficient (Wildman–Crippen LogP) is 1.53. The molecule has 2 heterocycles. The number of aliphatic imine (C=N–C) groups is 1. The van der Waals surface area contributed by atoms with Crippen molar-refractivity contribution in [2.75, 3.05) is 31.7 Å². The lowest BCUT2D eigenvalue weighted by atomic mass is 9.88. The number of anilines is 2. The minimum Gasteiger partial charge on any atom is -1.00 e. The summed E-state index contributed by atoms with van der Waals surface area (Å²) in [6.07, 6.45) is 1.72. The van der Waals surface area contributed by atoms with Crippen LogP contribution in [0, 0.1) is 20.8 Å². The highest BCUT2D eigenvalue weighted by molar-refractivity contribution is 7.90. The summed E-state index contributed by atoms with van der Waals surface area (Å²) < 4.78 is 42.7. The fourth-order valence-corrected chi connectivity index (χ4v) is 9.55. The smallest absolute Gasteiger partial charge is 0.328 e. The molecule has 1 aromatic heterocycles. The number of aromatic nitrogens is 1. The number of pyridine rings is 1. The number of ether oxygens (including phenoxy) is 2. The Morgan fingerprint density at radius 2 is 1.65 bits per heavy atom. The number of nitrogens with zero attached hydrogens (tertiary/aromatic N) is 2. The van der Waals surface area contributed by atoms with E-state index in [0.29, 0.717) is 34.5 Å². The van der Waals surface area contributed by atoms with Crippen LogP contribution in [0.25, 0.3) is 32.9 Å². The van der Waals surface area contributed by atoms with Crippen molar-refractivity contribution in [1.29, 1.82) is 0 Å². The third-order valence-electron chi connectivity index (χ3n) is 11.3. The fraction of sp³-hybridized carbons (Fsp3) is 0.356. The number of hydrogen-bond donors (Lipinski definition) is 6. The summed E-state index contributed by atoms with van der Waals surface area (Å²) in [5.74, 6) is -1.10. The largest absolute Gasteiger partial charge is 1.00 e. The summed E-state index contributed by atoms with van der Waals surface area (Å²) in [5.41, 5.74) is 25.0. The number of nitrogen functional groups attached to an aromatic ring is 2. The number of benzene rings is 4. The van der Waals surface area contributed by atoms with Gasteiger partial charge in [0, 0.05) is 53.5 Å². The molecule has 0 saturated heterocycles. The number of hydrogen-bond acceptors (Lipinski definition) is 10. The molecule has 4 aromatic carbocycles. The lowest BCUT2D eigenvalue weighted by Crippen LogP contribution is -3.00. The van der Waals surface area contributed by atoms with E-state index in [1.807, 2.05) is 74.9 Å². The number of nitrogens with one attached hydrogen (secondary N) is 3. The molecule has 0 bridgehead atoms. The van der Waals surface area contributed by atoms with Crippen molar-refractivity contribution in [1.82, 2.24) is 15.4 Å². The summed E-state index contributed by atoms with van der Waals surface area (Å²) in [5, 5.41) is 8.37. The van der Waals surface area contributed by atoms with Gasteiger partial charge in [0.15, 0.2) is 0 Å². The number of fused-ring (bicyclic) bond motifs is 4. The van der Waals surface area contributed by atoms with Gasteiger partial charge in [-0.3, -0.25) is 14.6 Å². The second-order valence-electron chi connectivity index (χ2n) is 16.1. The van der Waals surface area contributed by atoms with Crippen molar-refractivity contribution >= 4 is 66.8 Å². The first kappa shape index (κ1) is 46.9. The minimum atomic E-state index is -4.09. The van der Waals surface area contributed by atoms with Gasteiger partial charge in [0.1, 0.15) is 24.4 Å². The average Bonchev–Trinajstić information content (AvgIpc) is 3.20. The maximum absolute atomic E-state index is 13.6. The topological polar surface area (TPSA) is 234 Å². The summed E-state index contributed by atoms with van der Waals surface area (Å²) in [7, 11) is -0.938. The van der Waals surface area contributed by atoms with Crippen LogP contribution in [0.1, 0.15) is 72.1 Å². The average molecular weight is 888 g/mol. The van der Waals surface area contributed by atoms with Crippen LogP contribution in [-0.4, -0.2) is 64.0 Å². The van der Waals surface area contributed by atoms with Crippen LogP contribution in [0.5, 0.6) is 5.75 Å². The Hall–Kier alpha value is -6.13. The second-order valence-corrected chi connectivity index (χ2v) is 17.7. The number of guanidine groups is 1. The molecular weight excluding hydrogens is 832 g/mol. The van der Waals surface area contributed by atoms with E-state index in [4.69, 9.17) is 26.7 Å². The molecule has 2 amide bonds. The van der Waals surface area contributed by atoms with Crippen molar-refractivity contribution in [3.05, 3.63) is 88.5 Å². The predicted molar refractivity (Wildman–Crippen MR) is 238 cm³/mol. The number of aryl methyl sites for hydroxylation is 1. The van der Waals surface area contributed by atoms with Crippen molar-refractivity contribution < 1.29 is 49.2 Å². The zero-order valence-electron chi connectivity index (χ0n) is 36.1. The highest BCUT2D eigenvalue weighted by Gasteiger charge is 2.34. The fourth-order valence-electron chi connectivity index (χ4n) is 8.02. The van der Waals surface area contributed by atoms with Crippen LogP contribution in [0.2, 0.25) is 0 Å². The Bertz CT molecular complexity index is 2720. The molecule has 0 spiro atoms. The molecule has 5 aromatic rings. The zero-order chi connectivity index (χ0) is 44.4. The summed E-state index contributed by atoms with van der Waals surface area (Å²) in [4.78, 5) is 43.2. The van der Waals surface area contributed by atoms with Gasteiger partial charge in [-0.15, -0.1) is 0 Å². The molecule has 1 atom stereocenters. The summed E-state index contributed by atoms with van der Waals surface area (Å²) >= 11 is 0. The van der Waals surface area contributed by atoms with E-state index in [1.54, 1.807) is 32.0 Å². The molecule has 0 aliphatic carbocycles. The Morgan fingerprint density at radius 3 is 2.35 bits per heavy atom. The lowest BCUT2D eigenvalue weighted by molar-refractivity contribution is -0.632. The van der Waals surface area contributed by atoms with Crippen LogP contribution >= 0.6 is 0 Å². The molecule has 330 valence electrons. The number of amides is 2. The molecule has 1 aliphatic heterocycles. The summed E-state index contributed by atoms with van der Waals surface area (Å²) in [6, 6.07) is 17.7. The van der Waals surface area contributed by atoms with Gasteiger partial charge in [-0.2, -0.15) is 4.57 Å². The van der Waals surface area contributed by atoms with Crippen LogP contribution in [0.3, 0.4) is 0 Å². The Morgan fingerprint density at radius 1 is 0.952 bits per heavy atom. The molecule has 1 unspecified atom stereocenters. The lowest BCUT2D eigenvalue weighted by Gasteiger charge is -2.35. The van der Waals surface area contributed by atoms with Crippen LogP contribution in [0.15, 0.2) is 70.6 Å². The first-order chi connectivity index (χ1) is 28.8. The molecular formula is C45H55ClN8O7S. The van der Waals surface area contributed by atoms with E-state index in [9.17, 15) is 22.8 Å². The van der Waals surface area contributed by atoms with E-state index >= 15 is 0 Å². The highest BCUT2D eigenvalue weighted by atomic mass is 35.5. The monoisotopic (exact) mass is 886 g/mol. The SMILES string of the molecule is COC(=O)C(CCCN=C(N)NS(=O)(=O)c1c(C)c(C)c2c(c1C)CCC(C)(C)O2)NC(=O)CCNC(=O)c1cccc(-c2c3cc(N)ccc3c3ccc(N)cc3[n+]2C)c1.[Cl-]. The van der Waals surface area contributed by atoms with Gasteiger partial charge in [-0.05, 0) is 125 Å². The number of rotatable bonds is 13. The molecule has 15 nitrogen and oxygen atoms in total. The molecule has 1 aliphatic rings. The molecule has 9 N–H and O–H groups in total. The molecule has 17 heteroatoms. The van der Waals surface area contributed by atoms with E-state index in [0.717, 1.165) is 56.2 Å². The van der Waals surface area contributed by atoms with E-state index < -0.39 is 27.9 Å². The van der Waals surface area contributed by atoms with Crippen molar-refractivity contribution in [3.8, 4) is 17.0 Å². The van der Waals surface area contributed by atoms with Gasteiger partial charge in [0.25, 0.3) is 15.9 Å². The van der Waals surface area contributed by atoms with Gasteiger partial charge in [-0.1, -0.05) is 12.1 Å². The van der Waals surface area contributed by atoms with Crippen molar-refractivity contribution in [2.45, 2.75) is 83.3 Å². The number of carbonyl (C=O) groups excluding carboxylic acids is 3.